The molecule has 1 aliphatic heterocycles. The van der Waals surface area contributed by atoms with Gasteiger partial charge in [-0.1, -0.05) is 35.3 Å². The Kier molecular flexibility index (Phi) is 5.13. The first kappa shape index (κ1) is 17.2. The second-order valence-corrected chi connectivity index (χ2v) is 5.91. The third kappa shape index (κ3) is 3.87. The highest BCUT2D eigenvalue weighted by atomic mass is 35.5. The van der Waals surface area contributed by atoms with Gasteiger partial charge >= 0.3 is 0 Å². The van der Waals surface area contributed by atoms with Gasteiger partial charge in [0.05, 0.1) is 10.0 Å². The first-order valence-electron chi connectivity index (χ1n) is 7.35. The molecule has 25 heavy (non-hydrogen) atoms. The molecule has 0 fully saturated rings. The summed E-state index contributed by atoms with van der Waals surface area (Å²) in [5, 5.41) is 12.6. The van der Waals surface area contributed by atoms with Gasteiger partial charge in [0.1, 0.15) is 24.9 Å². The third-order valence-corrected chi connectivity index (χ3v) is 4.28. The van der Waals surface area contributed by atoms with E-state index in [4.69, 9.17) is 32.7 Å². The molecule has 1 N–H and O–H groups in total. The van der Waals surface area contributed by atoms with Crippen molar-refractivity contribution in [2.75, 3.05) is 18.5 Å². The maximum absolute atomic E-state index is 12.4. The molecule has 0 spiro atoms. The summed E-state index contributed by atoms with van der Waals surface area (Å²) in [7, 11) is 0. The van der Waals surface area contributed by atoms with Gasteiger partial charge in [-0.15, -0.1) is 0 Å². The van der Waals surface area contributed by atoms with Crippen molar-refractivity contribution in [1.29, 1.82) is 5.26 Å². The van der Waals surface area contributed by atoms with Crippen LogP contribution in [-0.2, 0) is 4.79 Å². The van der Waals surface area contributed by atoms with E-state index in [-0.39, 0.29) is 10.6 Å². The fourth-order valence-corrected chi connectivity index (χ4v) is 2.62. The van der Waals surface area contributed by atoms with Gasteiger partial charge in [0.2, 0.25) is 0 Å². The van der Waals surface area contributed by atoms with E-state index in [9.17, 15) is 10.1 Å². The van der Waals surface area contributed by atoms with Crippen LogP contribution in [0.5, 0.6) is 11.5 Å². The van der Waals surface area contributed by atoms with Gasteiger partial charge < -0.3 is 14.8 Å². The minimum absolute atomic E-state index is 0.0981. The molecule has 0 aliphatic carbocycles. The summed E-state index contributed by atoms with van der Waals surface area (Å²) >= 11 is 12.0. The normalized spacial score (nSPS) is 13.1. The molecule has 0 bridgehead atoms. The van der Waals surface area contributed by atoms with Crippen molar-refractivity contribution in [3.8, 4) is 17.6 Å². The van der Waals surface area contributed by atoms with E-state index >= 15 is 0 Å². The zero-order valence-electron chi connectivity index (χ0n) is 12.9. The third-order valence-electron chi connectivity index (χ3n) is 3.45. The molecule has 0 saturated heterocycles. The monoisotopic (exact) mass is 374 g/mol. The zero-order valence-corrected chi connectivity index (χ0v) is 14.4. The van der Waals surface area contributed by atoms with Crippen molar-refractivity contribution in [2.45, 2.75) is 0 Å². The Bertz CT molecular complexity index is 904. The number of hydrogen-bond acceptors (Lipinski definition) is 4. The minimum Gasteiger partial charge on any atom is -0.486 e. The number of carbonyl (C=O) groups is 1. The molecule has 0 aromatic heterocycles. The first-order valence-corrected chi connectivity index (χ1v) is 8.11. The highest BCUT2D eigenvalue weighted by molar-refractivity contribution is 6.43. The second-order valence-electron chi connectivity index (χ2n) is 5.13. The number of anilines is 1. The first-order chi connectivity index (χ1) is 12.1. The van der Waals surface area contributed by atoms with E-state index in [0.29, 0.717) is 41.0 Å². The number of nitriles is 1. The molecule has 0 atom stereocenters. The summed E-state index contributed by atoms with van der Waals surface area (Å²) in [4.78, 5) is 12.4. The molecule has 2 aromatic rings. The van der Waals surface area contributed by atoms with Gasteiger partial charge in [-0.05, 0) is 29.8 Å². The Balaban J connectivity index is 1.82. The van der Waals surface area contributed by atoms with E-state index in [1.54, 1.807) is 36.4 Å². The van der Waals surface area contributed by atoms with Crippen LogP contribution >= 0.6 is 23.2 Å². The van der Waals surface area contributed by atoms with Gasteiger partial charge in [-0.2, -0.15) is 5.26 Å². The molecule has 1 amide bonds. The molecular formula is C18H12Cl2N2O3. The molecular weight excluding hydrogens is 363 g/mol. The Labute approximate surface area is 154 Å². The summed E-state index contributed by atoms with van der Waals surface area (Å²) in [5.41, 5.74) is 0.884. The zero-order chi connectivity index (χ0) is 17.8. The van der Waals surface area contributed by atoms with Crippen molar-refractivity contribution < 1.29 is 14.3 Å². The summed E-state index contributed by atoms with van der Waals surface area (Å²) in [6.07, 6.45) is 1.39. The molecule has 1 aliphatic rings. The van der Waals surface area contributed by atoms with E-state index in [1.165, 1.54) is 6.08 Å². The summed E-state index contributed by atoms with van der Waals surface area (Å²) in [6.45, 7) is 0.932. The average Bonchev–Trinajstić information content (AvgIpc) is 2.62. The van der Waals surface area contributed by atoms with Crippen LogP contribution in [0.3, 0.4) is 0 Å². The predicted octanol–water partition coefficient (Wildman–Crippen LogP) is 4.31. The number of benzene rings is 2. The molecule has 2 aromatic carbocycles. The molecule has 0 saturated carbocycles. The van der Waals surface area contributed by atoms with Crippen LogP contribution in [-0.4, -0.2) is 19.1 Å². The van der Waals surface area contributed by atoms with Gasteiger partial charge in [-0.3, -0.25) is 4.79 Å². The molecule has 1 heterocycles. The van der Waals surface area contributed by atoms with Crippen LogP contribution in [0.25, 0.3) is 6.08 Å². The van der Waals surface area contributed by atoms with Crippen LogP contribution < -0.4 is 14.8 Å². The average molecular weight is 375 g/mol. The van der Waals surface area contributed by atoms with Crippen molar-refractivity contribution in [2.24, 2.45) is 0 Å². The van der Waals surface area contributed by atoms with Crippen molar-refractivity contribution in [3.05, 3.63) is 57.6 Å². The van der Waals surface area contributed by atoms with E-state index < -0.39 is 5.91 Å². The smallest absolute Gasteiger partial charge is 0.266 e. The van der Waals surface area contributed by atoms with Gasteiger partial charge in [0, 0.05) is 11.8 Å². The summed E-state index contributed by atoms with van der Waals surface area (Å²) in [5.74, 6) is 0.602. The fraction of sp³-hybridized carbons (Fsp3) is 0.111. The summed E-state index contributed by atoms with van der Waals surface area (Å²) < 4.78 is 10.9. The predicted molar refractivity (Wildman–Crippen MR) is 96.1 cm³/mol. The lowest BCUT2D eigenvalue weighted by Crippen LogP contribution is -2.17. The highest BCUT2D eigenvalue weighted by Gasteiger charge is 2.15. The van der Waals surface area contributed by atoms with Gasteiger partial charge in [0.15, 0.2) is 11.5 Å². The Morgan fingerprint density at radius 2 is 1.92 bits per heavy atom. The number of carbonyl (C=O) groups excluding carboxylic acids is 1. The standard InChI is InChI=1S/C18H12Cl2N2O3/c19-14-3-1-2-11(17(14)20)8-12(10-21)18(23)22-13-4-5-15-16(9-13)25-7-6-24-15/h1-5,8-9H,6-7H2,(H,22,23). The minimum atomic E-state index is -0.560. The molecule has 5 nitrogen and oxygen atoms in total. The van der Waals surface area contributed by atoms with Crippen LogP contribution in [0, 0.1) is 11.3 Å². The molecule has 3 rings (SSSR count). The molecule has 0 radical (unpaired) electrons. The van der Waals surface area contributed by atoms with E-state index in [1.807, 2.05) is 6.07 Å². The lowest BCUT2D eigenvalue weighted by atomic mass is 10.1. The number of ether oxygens (including phenoxy) is 2. The number of halogens is 2. The number of amides is 1. The lowest BCUT2D eigenvalue weighted by Gasteiger charge is -2.18. The lowest BCUT2D eigenvalue weighted by molar-refractivity contribution is -0.112. The van der Waals surface area contributed by atoms with E-state index in [2.05, 4.69) is 5.32 Å². The van der Waals surface area contributed by atoms with E-state index in [0.717, 1.165) is 0 Å². The van der Waals surface area contributed by atoms with Gasteiger partial charge in [-0.25, -0.2) is 0 Å². The molecule has 126 valence electrons. The summed E-state index contributed by atoms with van der Waals surface area (Å²) in [6, 6.07) is 11.9. The Morgan fingerprint density at radius 3 is 2.68 bits per heavy atom. The maximum atomic E-state index is 12.4. The van der Waals surface area contributed by atoms with Crippen LogP contribution in [0.15, 0.2) is 42.0 Å². The Hall–Kier alpha value is -2.68. The highest BCUT2D eigenvalue weighted by Crippen LogP contribution is 2.33. The largest absolute Gasteiger partial charge is 0.486 e. The SMILES string of the molecule is N#CC(=Cc1cccc(Cl)c1Cl)C(=O)Nc1ccc2c(c1)OCCO2. The van der Waals surface area contributed by atoms with Crippen LogP contribution in [0.2, 0.25) is 10.0 Å². The number of nitrogens with zero attached hydrogens (tertiary/aromatic N) is 1. The fourth-order valence-electron chi connectivity index (χ4n) is 2.26. The number of hydrogen-bond donors (Lipinski definition) is 1. The maximum Gasteiger partial charge on any atom is 0.266 e. The number of fused-ring (bicyclic) bond motifs is 1. The van der Waals surface area contributed by atoms with Crippen LogP contribution in [0.1, 0.15) is 5.56 Å². The van der Waals surface area contributed by atoms with Crippen molar-refractivity contribution >= 4 is 40.9 Å². The number of rotatable bonds is 3. The van der Waals surface area contributed by atoms with Crippen molar-refractivity contribution in [1.82, 2.24) is 0 Å². The van der Waals surface area contributed by atoms with Gasteiger partial charge in [0.25, 0.3) is 5.91 Å². The van der Waals surface area contributed by atoms with Crippen molar-refractivity contribution in [3.63, 3.8) is 0 Å². The number of nitrogens with one attached hydrogen (secondary N) is 1. The topological polar surface area (TPSA) is 71.4 Å². The Morgan fingerprint density at radius 1 is 1.16 bits per heavy atom. The molecule has 0 unspecified atom stereocenters. The van der Waals surface area contributed by atoms with Crippen LogP contribution in [0.4, 0.5) is 5.69 Å². The second kappa shape index (κ2) is 7.47. The molecule has 7 heteroatoms. The quantitative estimate of drug-likeness (QED) is 0.641.